The van der Waals surface area contributed by atoms with Crippen molar-refractivity contribution in [3.8, 4) is 5.75 Å². The fourth-order valence-corrected chi connectivity index (χ4v) is 9.94. The molecule has 0 unspecified atom stereocenters. The number of likely N-dealkylation sites (tertiary alicyclic amines) is 1. The Bertz CT molecular complexity index is 3110. The summed E-state index contributed by atoms with van der Waals surface area (Å²) < 4.78 is 0. The first kappa shape index (κ1) is 85.9. The van der Waals surface area contributed by atoms with Gasteiger partial charge in [-0.25, -0.2) is 4.79 Å². The molecule has 0 aliphatic carbocycles. The van der Waals surface area contributed by atoms with Crippen LogP contribution in [0.5, 0.6) is 5.75 Å². The Hall–Kier alpha value is -11.2. The fraction of sp³-hybridized carbons (Fsp3) is 0.610. The van der Waals surface area contributed by atoms with E-state index in [-0.39, 0.29) is 184 Å². The summed E-state index contributed by atoms with van der Waals surface area (Å²) in [5.74, 6) is -11.3. The number of hydrogen-bond donors (Lipinski definition) is 24. The number of nitrogens with two attached hydrogens (primary N) is 13. The highest BCUT2D eigenvalue weighted by Crippen LogP contribution is 2.21. The molecule has 1 aromatic carbocycles. The maximum Gasteiger partial charge on any atom is 0.326 e. The summed E-state index contributed by atoms with van der Waals surface area (Å²) in [6.07, 6.45) is 0.406. The number of aromatic hydroxyl groups is 1. The molecule has 0 aromatic heterocycles. The Morgan fingerprint density at radius 1 is 0.416 bits per heavy atom. The van der Waals surface area contributed by atoms with Gasteiger partial charge in [-0.1, -0.05) is 12.1 Å². The van der Waals surface area contributed by atoms with Crippen LogP contribution in [0.1, 0.15) is 116 Å². The lowest BCUT2D eigenvalue weighted by Crippen LogP contribution is -2.60. The second kappa shape index (κ2) is 45.4. The summed E-state index contributed by atoms with van der Waals surface area (Å²) in [5, 5.41) is 42.6. The van der Waals surface area contributed by atoms with Crippen molar-refractivity contribution >= 4 is 101 Å². The standard InChI is InChI=1S/C59H105N29O13/c1-30(81-47(94)36(11-4-22-73-54(61)62)82-45(92)32(3)80-46(93)35(60)29-33-18-20-34(89)21-19-33)43(90)79-31(2)44(91)83-37(12-5-23-74-55(63)64)49(96)86-40(15-8-26-77-58(69)70)52(99)88-28-10-17-42(88)51(98)85-39(14-7-25-76-57(67)68)48(95)84-38(13-6-24-75-56(65)66)50(97)87-41(53(100)101)16-9-27-78-59(71)72/h18-21,30-32,35-42,89H,4-17,22-29,60H2,1-3H3,(H,79,90)(H,80,93)(H,81,94)(H,82,92)(H,83,91)(H,84,95)(H,85,98)(H,86,96)(H,87,97)(H,100,101)(H4,61,62,73)(H4,63,64,74)(H4,65,66,75)(H4,67,68,76)(H4,69,70,77)(H4,71,72,78)/t30-,31-,32-,35-,36-,37-,38-,39-,40-,41-,42-/m0/s1. The monoisotopic (exact) mass is 1430 g/mol. The summed E-state index contributed by atoms with van der Waals surface area (Å²) in [6.45, 7) is 3.99. The van der Waals surface area contributed by atoms with Crippen LogP contribution in [0, 0.1) is 0 Å². The first-order valence-corrected chi connectivity index (χ1v) is 32.7. The molecule has 10 amide bonds. The lowest BCUT2D eigenvalue weighted by Gasteiger charge is -2.31. The third-order valence-corrected chi connectivity index (χ3v) is 15.3. The summed E-state index contributed by atoms with van der Waals surface area (Å²) in [5.41, 5.74) is 72.8. The number of carboxylic acids is 1. The molecule has 564 valence electrons. The van der Waals surface area contributed by atoms with E-state index in [1.54, 1.807) is 12.1 Å². The lowest BCUT2D eigenvalue weighted by molar-refractivity contribution is -0.143. The van der Waals surface area contributed by atoms with E-state index < -0.39 is 132 Å². The third kappa shape index (κ3) is 34.7. The molecule has 42 nitrogen and oxygen atoms in total. The van der Waals surface area contributed by atoms with Crippen molar-refractivity contribution in [3.05, 3.63) is 29.8 Å². The predicted molar refractivity (Wildman–Crippen MR) is 376 cm³/mol. The summed E-state index contributed by atoms with van der Waals surface area (Å²) in [4.78, 5) is 177. The van der Waals surface area contributed by atoms with Crippen molar-refractivity contribution in [2.75, 3.05) is 45.8 Å². The number of carboxylic acid groups (broad SMARTS) is 1. The van der Waals surface area contributed by atoms with E-state index in [2.05, 4.69) is 77.8 Å². The highest BCUT2D eigenvalue weighted by atomic mass is 16.4. The minimum atomic E-state index is -1.45. The Labute approximate surface area is 584 Å². The second-order valence-electron chi connectivity index (χ2n) is 23.8. The molecule has 37 N–H and O–H groups in total. The molecule has 0 bridgehead atoms. The highest BCUT2D eigenvalue weighted by molar-refractivity contribution is 5.99. The number of phenols is 1. The molecule has 1 aliphatic heterocycles. The van der Waals surface area contributed by atoms with E-state index in [0.29, 0.717) is 5.56 Å². The normalized spacial score (nSPS) is 15.2. The van der Waals surface area contributed by atoms with Crippen LogP contribution < -0.4 is 122 Å². The van der Waals surface area contributed by atoms with Crippen LogP contribution in [-0.2, 0) is 59.2 Å². The van der Waals surface area contributed by atoms with Gasteiger partial charge in [0.15, 0.2) is 35.8 Å². The summed E-state index contributed by atoms with van der Waals surface area (Å²) in [7, 11) is 0. The number of benzene rings is 1. The molecule has 2 rings (SSSR count). The molecule has 42 heteroatoms. The van der Waals surface area contributed by atoms with Crippen LogP contribution in [0.4, 0.5) is 0 Å². The van der Waals surface area contributed by atoms with Crippen molar-refractivity contribution in [1.82, 2.24) is 52.8 Å². The van der Waals surface area contributed by atoms with E-state index in [9.17, 15) is 63.0 Å². The van der Waals surface area contributed by atoms with Crippen molar-refractivity contribution < 1.29 is 63.0 Å². The Kier molecular flexibility index (Phi) is 38.6. The van der Waals surface area contributed by atoms with Crippen molar-refractivity contribution in [2.24, 2.45) is 104 Å². The predicted octanol–water partition coefficient (Wildman–Crippen LogP) is -9.92. The van der Waals surface area contributed by atoms with E-state index in [1.807, 2.05) is 0 Å². The summed E-state index contributed by atoms with van der Waals surface area (Å²) >= 11 is 0. The lowest BCUT2D eigenvalue weighted by atomic mass is 10.0. The van der Waals surface area contributed by atoms with E-state index in [4.69, 9.17) is 74.5 Å². The number of phenolic OH excluding ortho intramolecular Hbond substituents is 1. The van der Waals surface area contributed by atoms with Gasteiger partial charge in [0.2, 0.25) is 59.1 Å². The van der Waals surface area contributed by atoms with E-state index in [0.717, 1.165) is 0 Å². The largest absolute Gasteiger partial charge is 0.508 e. The molecule has 1 saturated heterocycles. The molecule has 1 fully saturated rings. The van der Waals surface area contributed by atoms with Gasteiger partial charge in [0.1, 0.15) is 66.2 Å². The summed E-state index contributed by atoms with van der Waals surface area (Å²) in [6, 6.07) is -8.79. The van der Waals surface area contributed by atoms with Gasteiger partial charge in [-0.2, -0.15) is 0 Å². The smallest absolute Gasteiger partial charge is 0.326 e. The minimum absolute atomic E-state index is 0.00794. The Balaban J connectivity index is 2.43. The van der Waals surface area contributed by atoms with Crippen molar-refractivity contribution in [1.29, 1.82) is 0 Å². The molecule has 0 radical (unpaired) electrons. The minimum Gasteiger partial charge on any atom is -0.508 e. The molecule has 0 saturated carbocycles. The van der Waals surface area contributed by atoms with Crippen LogP contribution in [0.2, 0.25) is 0 Å². The van der Waals surface area contributed by atoms with Crippen LogP contribution in [0.15, 0.2) is 54.2 Å². The maximum absolute atomic E-state index is 14.9. The fourth-order valence-electron chi connectivity index (χ4n) is 9.94. The zero-order chi connectivity index (χ0) is 75.9. The second-order valence-corrected chi connectivity index (χ2v) is 23.8. The molecule has 101 heavy (non-hydrogen) atoms. The number of nitrogens with one attached hydrogen (secondary N) is 9. The first-order chi connectivity index (χ1) is 47.6. The highest BCUT2D eigenvalue weighted by Gasteiger charge is 2.40. The molecule has 0 spiro atoms. The van der Waals surface area contributed by atoms with Gasteiger partial charge >= 0.3 is 5.97 Å². The molecule has 11 atom stereocenters. The number of amides is 10. The van der Waals surface area contributed by atoms with Crippen molar-refractivity contribution in [3.63, 3.8) is 0 Å². The zero-order valence-corrected chi connectivity index (χ0v) is 57.2. The number of guanidine groups is 6. The van der Waals surface area contributed by atoms with Crippen LogP contribution in [0.3, 0.4) is 0 Å². The number of rotatable bonds is 46. The average Bonchev–Trinajstić information content (AvgIpc) is 1.73. The molecule has 1 aromatic rings. The van der Waals surface area contributed by atoms with Crippen LogP contribution in [0.25, 0.3) is 0 Å². The Morgan fingerprint density at radius 2 is 0.703 bits per heavy atom. The zero-order valence-electron chi connectivity index (χ0n) is 57.2. The number of nitrogens with zero attached hydrogens (tertiary/aromatic N) is 7. The topological polar surface area (TPSA) is 752 Å². The molecule has 1 heterocycles. The molecular weight excluding hydrogens is 1320 g/mol. The van der Waals surface area contributed by atoms with Gasteiger partial charge in [-0.05, 0) is 135 Å². The number of carbonyl (C=O) groups is 11. The third-order valence-electron chi connectivity index (χ3n) is 15.3. The average molecular weight is 1430 g/mol. The van der Waals surface area contributed by atoms with Gasteiger partial charge in [0.25, 0.3) is 0 Å². The molecule has 1 aliphatic rings. The number of aliphatic carboxylic acids is 1. The van der Waals surface area contributed by atoms with Gasteiger partial charge in [-0.15, -0.1) is 0 Å². The Morgan fingerprint density at radius 3 is 1.07 bits per heavy atom. The van der Waals surface area contributed by atoms with Gasteiger partial charge in [-0.3, -0.25) is 77.9 Å². The first-order valence-electron chi connectivity index (χ1n) is 32.7. The van der Waals surface area contributed by atoms with E-state index >= 15 is 0 Å². The SMILES string of the molecule is C[C@H](NC(=O)[C@H](C)NC(=O)[C@H](CCCN=C(N)N)NC(=O)[C@H](C)NC(=O)[C@@H](N)Cc1ccc(O)cc1)C(=O)N[C@@H](CCCN=C(N)N)C(=O)N[C@@H](CCCN=C(N)N)C(=O)N1CCC[C@H]1C(=O)N[C@@H](CCCN=C(N)N)C(=O)N[C@@H](CCCN=C(N)N)C(=O)N[C@@H](CCCN=C(N)N)C(=O)O. The quantitative estimate of drug-likeness (QED) is 0.0164. The van der Waals surface area contributed by atoms with Gasteiger partial charge < -0.3 is 138 Å². The van der Waals surface area contributed by atoms with Crippen LogP contribution >= 0.6 is 0 Å². The number of hydrogen-bond acceptors (Lipinski definition) is 19. The van der Waals surface area contributed by atoms with Crippen molar-refractivity contribution in [2.45, 2.75) is 184 Å². The molecular formula is C59H105N29O13. The van der Waals surface area contributed by atoms with Gasteiger partial charge in [0, 0.05) is 45.8 Å². The number of carbonyl (C=O) groups excluding carboxylic acids is 10. The van der Waals surface area contributed by atoms with Crippen LogP contribution in [-0.4, -0.2) is 228 Å². The van der Waals surface area contributed by atoms with E-state index in [1.165, 1.54) is 37.8 Å². The number of aliphatic imine (C=N–C) groups is 6. The maximum atomic E-state index is 14.9. The van der Waals surface area contributed by atoms with Gasteiger partial charge in [0.05, 0.1) is 6.04 Å².